The van der Waals surface area contributed by atoms with Gasteiger partial charge >= 0.3 is 11.9 Å². The highest BCUT2D eigenvalue weighted by molar-refractivity contribution is 5.89. The van der Waals surface area contributed by atoms with Gasteiger partial charge in [0.2, 0.25) is 0 Å². The summed E-state index contributed by atoms with van der Waals surface area (Å²) in [6.45, 7) is 7.53. The van der Waals surface area contributed by atoms with Gasteiger partial charge in [-0.3, -0.25) is 4.79 Å². The molecule has 4 heteroatoms. The first-order chi connectivity index (χ1) is 8.24. The van der Waals surface area contributed by atoms with Gasteiger partial charge < -0.3 is 9.47 Å². The average Bonchev–Trinajstić information content (AvgIpc) is 2.25. The number of hydrogen-bond acceptors (Lipinski definition) is 4. The Balaban J connectivity index is 2.69. The first-order valence-electron chi connectivity index (χ1n) is 6.25. The fourth-order valence-electron chi connectivity index (χ4n) is 2.08. The zero-order valence-corrected chi connectivity index (χ0v) is 11.8. The number of carbonyl (C=O) groups is 2. The van der Waals surface area contributed by atoms with Crippen molar-refractivity contribution >= 4 is 11.9 Å². The van der Waals surface area contributed by atoms with Crippen molar-refractivity contribution in [2.24, 2.45) is 11.8 Å². The van der Waals surface area contributed by atoms with Gasteiger partial charge in [-0.25, -0.2) is 4.79 Å². The number of hydrogen-bond donors (Lipinski definition) is 0. The number of ether oxygens (including phenoxy) is 2. The van der Waals surface area contributed by atoms with Gasteiger partial charge in [-0.05, 0) is 39.5 Å². The van der Waals surface area contributed by atoms with Crippen molar-refractivity contribution in [1.82, 2.24) is 0 Å². The Labute approximate surface area is 108 Å². The minimum atomic E-state index is -0.469. The van der Waals surface area contributed by atoms with Crippen LogP contribution in [-0.2, 0) is 19.1 Å². The van der Waals surface area contributed by atoms with E-state index in [-0.39, 0.29) is 23.8 Å². The molecule has 1 aliphatic rings. The lowest BCUT2D eigenvalue weighted by atomic mass is 9.80. The maximum atomic E-state index is 12.0. The lowest BCUT2D eigenvalue weighted by molar-refractivity contribution is -0.162. The van der Waals surface area contributed by atoms with Crippen molar-refractivity contribution in [3.8, 4) is 0 Å². The smallest absolute Gasteiger partial charge is 0.333 e. The summed E-state index contributed by atoms with van der Waals surface area (Å²) in [5, 5.41) is 0. The number of esters is 2. The molecule has 0 fully saturated rings. The van der Waals surface area contributed by atoms with Crippen LogP contribution in [0.1, 0.15) is 40.5 Å². The summed E-state index contributed by atoms with van der Waals surface area (Å²) in [5.74, 6) is -0.559. The van der Waals surface area contributed by atoms with Gasteiger partial charge in [-0.1, -0.05) is 13.0 Å². The van der Waals surface area contributed by atoms with E-state index < -0.39 is 5.60 Å². The molecule has 0 aromatic heterocycles. The fraction of sp³-hybridized carbons (Fsp3) is 0.714. The summed E-state index contributed by atoms with van der Waals surface area (Å²) in [7, 11) is 1.37. The largest absolute Gasteiger partial charge is 0.466 e. The third kappa shape index (κ3) is 3.86. The van der Waals surface area contributed by atoms with Crippen molar-refractivity contribution in [1.29, 1.82) is 0 Å². The van der Waals surface area contributed by atoms with Crippen molar-refractivity contribution in [2.75, 3.05) is 7.11 Å². The molecule has 0 aliphatic heterocycles. The summed E-state index contributed by atoms with van der Waals surface area (Å²) in [6, 6.07) is 0. The SMILES string of the molecule is COC(=O)C1=CC[C@@H](C(=O)OC(C)(C)C)[C@@H](C)C1. The molecule has 102 valence electrons. The normalized spacial score (nSPS) is 24.2. The molecule has 2 atom stereocenters. The molecule has 0 bridgehead atoms. The molecule has 1 aliphatic carbocycles. The molecule has 0 saturated heterocycles. The van der Waals surface area contributed by atoms with E-state index in [2.05, 4.69) is 0 Å². The monoisotopic (exact) mass is 254 g/mol. The number of rotatable bonds is 2. The minimum absolute atomic E-state index is 0.0962. The first kappa shape index (κ1) is 14.7. The standard InChI is InChI=1S/C14H22O4/c1-9-8-10(12(15)17-5)6-7-11(9)13(16)18-14(2,3)4/h6,9,11H,7-8H2,1-5H3/t9-,11+/m0/s1. The Kier molecular flexibility index (Phi) is 4.54. The van der Waals surface area contributed by atoms with Gasteiger partial charge in [0.05, 0.1) is 13.0 Å². The Morgan fingerprint density at radius 2 is 1.94 bits per heavy atom. The maximum absolute atomic E-state index is 12.0. The molecular formula is C14H22O4. The van der Waals surface area contributed by atoms with Crippen LogP contribution >= 0.6 is 0 Å². The number of carbonyl (C=O) groups excluding carboxylic acids is 2. The minimum Gasteiger partial charge on any atom is -0.466 e. The number of allylic oxidation sites excluding steroid dienone is 1. The Morgan fingerprint density at radius 1 is 1.33 bits per heavy atom. The summed E-state index contributed by atoms with van der Waals surface area (Å²) < 4.78 is 10.1. The Bertz CT molecular complexity index is 362. The van der Waals surface area contributed by atoms with Crippen LogP contribution in [-0.4, -0.2) is 24.6 Å². The van der Waals surface area contributed by atoms with E-state index in [9.17, 15) is 9.59 Å². The molecule has 0 heterocycles. The number of methoxy groups -OCH3 is 1. The molecule has 0 spiro atoms. The van der Waals surface area contributed by atoms with E-state index in [4.69, 9.17) is 9.47 Å². The van der Waals surface area contributed by atoms with Crippen LogP contribution in [0, 0.1) is 11.8 Å². The van der Waals surface area contributed by atoms with Crippen molar-refractivity contribution in [3.05, 3.63) is 11.6 Å². The Morgan fingerprint density at radius 3 is 2.39 bits per heavy atom. The van der Waals surface area contributed by atoms with Gasteiger partial charge in [-0.15, -0.1) is 0 Å². The van der Waals surface area contributed by atoms with E-state index in [1.807, 2.05) is 27.7 Å². The quantitative estimate of drug-likeness (QED) is 0.710. The second kappa shape index (κ2) is 5.55. The van der Waals surface area contributed by atoms with Crippen LogP contribution in [0.25, 0.3) is 0 Å². The van der Waals surface area contributed by atoms with E-state index in [0.717, 1.165) is 0 Å². The molecule has 0 aromatic carbocycles. The lowest BCUT2D eigenvalue weighted by Crippen LogP contribution is -2.33. The molecule has 0 amide bonds. The van der Waals surface area contributed by atoms with Crippen LogP contribution in [0.3, 0.4) is 0 Å². The second-order valence-electron chi connectivity index (χ2n) is 5.78. The lowest BCUT2D eigenvalue weighted by Gasteiger charge is -2.29. The second-order valence-corrected chi connectivity index (χ2v) is 5.78. The topological polar surface area (TPSA) is 52.6 Å². The molecular weight excluding hydrogens is 232 g/mol. The summed E-state index contributed by atoms with van der Waals surface area (Å²) in [4.78, 5) is 23.4. The molecule has 0 aromatic rings. The Hall–Kier alpha value is -1.32. The first-order valence-corrected chi connectivity index (χ1v) is 6.25. The van der Waals surface area contributed by atoms with Gasteiger partial charge in [0, 0.05) is 5.57 Å². The fourth-order valence-corrected chi connectivity index (χ4v) is 2.08. The summed E-state index contributed by atoms with van der Waals surface area (Å²) in [6.07, 6.45) is 2.90. The van der Waals surface area contributed by atoms with Gasteiger partial charge in [0.15, 0.2) is 0 Å². The van der Waals surface area contributed by atoms with Crippen LogP contribution in [0.2, 0.25) is 0 Å². The van der Waals surface area contributed by atoms with Crippen molar-refractivity contribution in [3.63, 3.8) is 0 Å². The zero-order valence-electron chi connectivity index (χ0n) is 11.8. The predicted octanol–water partition coefficient (Wildman–Crippen LogP) is 2.47. The molecule has 0 N–H and O–H groups in total. The highest BCUT2D eigenvalue weighted by Crippen LogP contribution is 2.31. The van der Waals surface area contributed by atoms with E-state index in [0.29, 0.717) is 18.4 Å². The highest BCUT2D eigenvalue weighted by atomic mass is 16.6. The van der Waals surface area contributed by atoms with Crippen LogP contribution in [0.5, 0.6) is 0 Å². The van der Waals surface area contributed by atoms with Crippen molar-refractivity contribution in [2.45, 2.75) is 46.1 Å². The van der Waals surface area contributed by atoms with Gasteiger partial charge in [0.1, 0.15) is 5.60 Å². The maximum Gasteiger partial charge on any atom is 0.333 e. The van der Waals surface area contributed by atoms with E-state index in [1.165, 1.54) is 7.11 Å². The molecule has 0 radical (unpaired) electrons. The van der Waals surface area contributed by atoms with Crippen molar-refractivity contribution < 1.29 is 19.1 Å². The van der Waals surface area contributed by atoms with E-state index in [1.54, 1.807) is 6.08 Å². The average molecular weight is 254 g/mol. The third-order valence-electron chi connectivity index (χ3n) is 3.00. The van der Waals surface area contributed by atoms with Gasteiger partial charge in [0.25, 0.3) is 0 Å². The zero-order chi connectivity index (χ0) is 13.9. The summed E-state index contributed by atoms with van der Waals surface area (Å²) in [5.41, 5.74) is 0.188. The molecule has 0 unspecified atom stereocenters. The molecule has 1 rings (SSSR count). The van der Waals surface area contributed by atoms with Gasteiger partial charge in [-0.2, -0.15) is 0 Å². The third-order valence-corrected chi connectivity index (χ3v) is 3.00. The van der Waals surface area contributed by atoms with Crippen LogP contribution in [0.15, 0.2) is 11.6 Å². The van der Waals surface area contributed by atoms with Crippen LogP contribution in [0.4, 0.5) is 0 Å². The highest BCUT2D eigenvalue weighted by Gasteiger charge is 2.33. The molecule has 0 saturated carbocycles. The molecule has 18 heavy (non-hydrogen) atoms. The predicted molar refractivity (Wildman–Crippen MR) is 67.8 cm³/mol. The van der Waals surface area contributed by atoms with Crippen LogP contribution < -0.4 is 0 Å². The molecule has 4 nitrogen and oxygen atoms in total. The summed E-state index contributed by atoms with van der Waals surface area (Å²) >= 11 is 0. The van der Waals surface area contributed by atoms with E-state index >= 15 is 0 Å².